The van der Waals surface area contributed by atoms with Crippen LogP contribution in [0, 0.1) is 0 Å². The molecule has 4 rings (SSSR count). The molecule has 0 aliphatic heterocycles. The van der Waals surface area contributed by atoms with Crippen molar-refractivity contribution in [3.05, 3.63) is 80.5 Å². The molecule has 0 atom stereocenters. The number of rotatable bonds is 7. The van der Waals surface area contributed by atoms with Crippen molar-refractivity contribution in [1.82, 2.24) is 14.1 Å². The number of thioether (sulfide) groups is 1. The van der Waals surface area contributed by atoms with Crippen molar-refractivity contribution in [2.45, 2.75) is 37.6 Å². The Morgan fingerprint density at radius 3 is 2.18 bits per heavy atom. The van der Waals surface area contributed by atoms with Crippen LogP contribution in [0.3, 0.4) is 0 Å². The molecule has 7 nitrogen and oxygen atoms in total. The number of aromatic nitrogens is 3. The summed E-state index contributed by atoms with van der Waals surface area (Å²) in [5.74, 6) is -0.368. The molecule has 0 unspecified atom stereocenters. The molecule has 0 spiro atoms. The number of nitrogens with zero attached hydrogens (tertiary/aromatic N) is 3. The van der Waals surface area contributed by atoms with E-state index in [1.54, 1.807) is 12.1 Å². The number of nitrogens with one attached hydrogen (secondary N) is 1. The lowest BCUT2D eigenvalue weighted by molar-refractivity contribution is -0.116. The van der Waals surface area contributed by atoms with Crippen LogP contribution in [0.2, 0.25) is 0 Å². The maximum absolute atomic E-state index is 13.4. The summed E-state index contributed by atoms with van der Waals surface area (Å²) in [5, 5.41) is 2.83. The Kier molecular flexibility index (Phi) is 6.80. The third-order valence-electron chi connectivity index (χ3n) is 5.39. The van der Waals surface area contributed by atoms with E-state index in [4.69, 9.17) is 0 Å². The van der Waals surface area contributed by atoms with E-state index >= 15 is 0 Å². The molecular formula is C24H24N4O3S2. The van der Waals surface area contributed by atoms with Gasteiger partial charge in [0.05, 0.1) is 5.69 Å². The predicted octanol–water partition coefficient (Wildman–Crippen LogP) is 4.09. The summed E-state index contributed by atoms with van der Waals surface area (Å²) in [4.78, 5) is 44.0. The van der Waals surface area contributed by atoms with E-state index in [1.165, 1.54) is 33.2 Å². The molecule has 4 aromatic rings. The maximum atomic E-state index is 13.4. The molecule has 2 aromatic carbocycles. The number of fused-ring (bicyclic) bond motifs is 1. The van der Waals surface area contributed by atoms with Gasteiger partial charge in [-0.1, -0.05) is 49.9 Å². The standard InChI is InChI=1S/C24H24N4O3S2/c1-4-15-6-10-17(11-7-15)25-19(29)14-27-21-20(33-23(26-21)32-3)22(30)28(24(27)31)18-12-8-16(5-2)9-13-18/h6-13H,4-5,14H2,1-3H3,(H,25,29). The third kappa shape index (κ3) is 4.65. The highest BCUT2D eigenvalue weighted by molar-refractivity contribution is 8.00. The number of carbonyl (C=O) groups excluding carboxylic acids is 1. The second-order valence-corrected chi connectivity index (χ2v) is 9.52. The van der Waals surface area contributed by atoms with Crippen LogP contribution in [-0.2, 0) is 24.2 Å². The summed E-state index contributed by atoms with van der Waals surface area (Å²) < 4.78 is 3.40. The van der Waals surface area contributed by atoms with Gasteiger partial charge in [0.2, 0.25) is 5.91 Å². The predicted molar refractivity (Wildman–Crippen MR) is 135 cm³/mol. The lowest BCUT2D eigenvalue weighted by atomic mass is 10.1. The zero-order valence-corrected chi connectivity index (χ0v) is 20.3. The van der Waals surface area contributed by atoms with Gasteiger partial charge < -0.3 is 5.32 Å². The zero-order valence-electron chi connectivity index (χ0n) is 18.6. The second kappa shape index (κ2) is 9.76. The molecule has 0 saturated heterocycles. The minimum Gasteiger partial charge on any atom is -0.325 e. The highest BCUT2D eigenvalue weighted by Crippen LogP contribution is 2.25. The van der Waals surface area contributed by atoms with Gasteiger partial charge in [-0.15, -0.1) is 11.3 Å². The molecule has 9 heteroatoms. The summed E-state index contributed by atoms with van der Waals surface area (Å²) in [6.07, 6.45) is 3.61. The van der Waals surface area contributed by atoms with E-state index in [2.05, 4.69) is 17.2 Å². The van der Waals surface area contributed by atoms with Gasteiger partial charge in [0.1, 0.15) is 11.2 Å². The third-order valence-corrected chi connectivity index (χ3v) is 7.41. The largest absolute Gasteiger partial charge is 0.337 e. The fourth-order valence-corrected chi connectivity index (χ4v) is 5.01. The highest BCUT2D eigenvalue weighted by atomic mass is 32.2. The van der Waals surface area contributed by atoms with Crippen LogP contribution >= 0.6 is 23.1 Å². The minimum atomic E-state index is -0.591. The van der Waals surface area contributed by atoms with Crippen molar-refractivity contribution in [3.63, 3.8) is 0 Å². The van der Waals surface area contributed by atoms with Gasteiger partial charge in [0, 0.05) is 5.69 Å². The smallest absolute Gasteiger partial charge is 0.325 e. The summed E-state index contributed by atoms with van der Waals surface area (Å²) in [5.41, 5.74) is 2.59. The average Bonchev–Trinajstić information content (AvgIpc) is 3.28. The molecule has 170 valence electrons. The molecular weight excluding hydrogens is 456 g/mol. The SMILES string of the molecule is CCc1ccc(NC(=O)Cn2c(=O)n(-c3ccc(CC)cc3)c(=O)c3sc(SC)nc32)cc1. The highest BCUT2D eigenvalue weighted by Gasteiger charge is 2.20. The molecule has 0 fully saturated rings. The fourth-order valence-electron chi connectivity index (χ4n) is 3.52. The molecule has 2 aromatic heterocycles. The van der Waals surface area contributed by atoms with Gasteiger partial charge in [-0.25, -0.2) is 14.3 Å². The number of benzene rings is 2. The Morgan fingerprint density at radius 2 is 1.61 bits per heavy atom. The van der Waals surface area contributed by atoms with Gasteiger partial charge in [0.25, 0.3) is 5.56 Å². The van der Waals surface area contributed by atoms with Crippen molar-refractivity contribution in [1.29, 1.82) is 0 Å². The molecule has 1 N–H and O–H groups in total. The number of hydrogen-bond donors (Lipinski definition) is 1. The Morgan fingerprint density at radius 1 is 1.00 bits per heavy atom. The number of anilines is 1. The lowest BCUT2D eigenvalue weighted by Crippen LogP contribution is -2.40. The summed E-state index contributed by atoms with van der Waals surface area (Å²) in [7, 11) is 0. The quantitative estimate of drug-likeness (QED) is 0.403. The number of carbonyl (C=O) groups is 1. The van der Waals surface area contributed by atoms with Gasteiger partial charge in [-0.3, -0.25) is 14.2 Å². The summed E-state index contributed by atoms with van der Waals surface area (Å²) in [6.45, 7) is 3.85. The van der Waals surface area contributed by atoms with E-state index in [0.717, 1.165) is 23.0 Å². The van der Waals surface area contributed by atoms with Crippen LogP contribution in [-0.4, -0.2) is 26.3 Å². The monoisotopic (exact) mass is 480 g/mol. The molecule has 0 aliphatic rings. The van der Waals surface area contributed by atoms with Crippen molar-refractivity contribution in [2.24, 2.45) is 0 Å². The molecule has 0 bridgehead atoms. The van der Waals surface area contributed by atoms with E-state index in [9.17, 15) is 14.4 Å². The van der Waals surface area contributed by atoms with Crippen molar-refractivity contribution < 1.29 is 4.79 Å². The van der Waals surface area contributed by atoms with E-state index < -0.39 is 11.2 Å². The summed E-state index contributed by atoms with van der Waals surface area (Å²) in [6, 6.07) is 14.9. The minimum absolute atomic E-state index is 0.234. The molecule has 0 radical (unpaired) electrons. The van der Waals surface area contributed by atoms with Gasteiger partial charge in [0.15, 0.2) is 9.99 Å². The molecule has 1 amide bonds. The molecule has 2 heterocycles. The van der Waals surface area contributed by atoms with Crippen LogP contribution < -0.4 is 16.6 Å². The van der Waals surface area contributed by atoms with Crippen LogP contribution in [0.15, 0.2) is 62.5 Å². The molecule has 33 heavy (non-hydrogen) atoms. The van der Waals surface area contributed by atoms with Gasteiger partial charge >= 0.3 is 5.69 Å². The fraction of sp³-hybridized carbons (Fsp3) is 0.250. The second-order valence-electron chi connectivity index (χ2n) is 7.46. The number of thiazole rings is 1. The van der Waals surface area contributed by atoms with Crippen molar-refractivity contribution in [2.75, 3.05) is 11.6 Å². The number of hydrogen-bond acceptors (Lipinski definition) is 6. The normalized spacial score (nSPS) is 11.1. The number of aryl methyl sites for hydroxylation is 2. The molecule has 0 aliphatic carbocycles. The number of amides is 1. The first kappa shape index (κ1) is 23.0. The van der Waals surface area contributed by atoms with E-state index in [1.807, 2.05) is 49.6 Å². The Balaban J connectivity index is 1.78. The molecule has 0 saturated carbocycles. The van der Waals surface area contributed by atoms with Crippen LogP contribution in [0.5, 0.6) is 0 Å². The zero-order chi connectivity index (χ0) is 23.5. The Labute approximate surface area is 199 Å². The van der Waals surface area contributed by atoms with Crippen molar-refractivity contribution >= 4 is 45.0 Å². The Hall–Kier alpha value is -3.17. The first-order valence-electron chi connectivity index (χ1n) is 10.6. The van der Waals surface area contributed by atoms with Crippen LogP contribution in [0.1, 0.15) is 25.0 Å². The van der Waals surface area contributed by atoms with Gasteiger partial charge in [-0.05, 0) is 54.5 Å². The maximum Gasteiger partial charge on any atom is 0.337 e. The topological polar surface area (TPSA) is 86.0 Å². The lowest BCUT2D eigenvalue weighted by Gasteiger charge is -2.12. The Bertz CT molecular complexity index is 1420. The summed E-state index contributed by atoms with van der Waals surface area (Å²) >= 11 is 2.62. The van der Waals surface area contributed by atoms with Crippen LogP contribution in [0.4, 0.5) is 5.69 Å². The van der Waals surface area contributed by atoms with Crippen LogP contribution in [0.25, 0.3) is 16.0 Å². The van der Waals surface area contributed by atoms with E-state index in [0.29, 0.717) is 20.4 Å². The first-order chi connectivity index (χ1) is 15.9. The van der Waals surface area contributed by atoms with Gasteiger partial charge in [-0.2, -0.15) is 0 Å². The first-order valence-corrected chi connectivity index (χ1v) is 12.7. The van der Waals surface area contributed by atoms with E-state index in [-0.39, 0.29) is 18.1 Å². The van der Waals surface area contributed by atoms with Crippen molar-refractivity contribution in [3.8, 4) is 5.69 Å². The average molecular weight is 481 g/mol.